The molecule has 0 fully saturated rings. The lowest BCUT2D eigenvalue weighted by Crippen LogP contribution is -2.08. The molecule has 1 aromatic carbocycles. The molecular formula is C13H14O6. The van der Waals surface area contributed by atoms with Crippen LogP contribution < -0.4 is 15.1 Å². The minimum atomic E-state index is -0.771. The number of hydrogen-bond acceptors (Lipinski definition) is 6. The number of aliphatic hydroxyl groups is 1. The van der Waals surface area contributed by atoms with Crippen molar-refractivity contribution in [3.05, 3.63) is 28.6 Å². The molecule has 2 N–H and O–H groups in total. The number of para-hydroxylation sites is 1. The average molecular weight is 266 g/mol. The SMILES string of the molecule is CCOc1c(O)c2cccc(OCCO)c2oc1=O. The Balaban J connectivity index is 2.62. The second-order valence-corrected chi connectivity index (χ2v) is 3.71. The third-order valence-electron chi connectivity index (χ3n) is 2.47. The molecule has 0 aliphatic rings. The van der Waals surface area contributed by atoms with Crippen molar-refractivity contribution in [1.29, 1.82) is 0 Å². The van der Waals surface area contributed by atoms with E-state index in [1.165, 1.54) is 0 Å². The molecular weight excluding hydrogens is 252 g/mol. The van der Waals surface area contributed by atoms with E-state index in [1.807, 2.05) is 0 Å². The highest BCUT2D eigenvalue weighted by Gasteiger charge is 2.17. The first-order chi connectivity index (χ1) is 9.19. The maximum absolute atomic E-state index is 11.7. The molecule has 102 valence electrons. The predicted octanol–water partition coefficient (Wildman–Crippen LogP) is 1.27. The Morgan fingerprint density at radius 3 is 2.79 bits per heavy atom. The lowest BCUT2D eigenvalue weighted by Gasteiger charge is -2.10. The number of fused-ring (bicyclic) bond motifs is 1. The molecule has 6 heteroatoms. The van der Waals surface area contributed by atoms with Crippen molar-refractivity contribution >= 4 is 11.0 Å². The molecule has 0 saturated carbocycles. The van der Waals surface area contributed by atoms with Crippen molar-refractivity contribution in [3.63, 3.8) is 0 Å². The van der Waals surface area contributed by atoms with E-state index in [9.17, 15) is 9.90 Å². The van der Waals surface area contributed by atoms with Crippen molar-refractivity contribution in [2.75, 3.05) is 19.8 Å². The Hall–Kier alpha value is -2.21. The van der Waals surface area contributed by atoms with E-state index in [0.717, 1.165) is 0 Å². The zero-order valence-corrected chi connectivity index (χ0v) is 10.4. The van der Waals surface area contributed by atoms with Gasteiger partial charge in [-0.25, -0.2) is 4.79 Å². The fourth-order valence-corrected chi connectivity index (χ4v) is 1.71. The highest BCUT2D eigenvalue weighted by Crippen LogP contribution is 2.35. The number of aromatic hydroxyl groups is 1. The fourth-order valence-electron chi connectivity index (χ4n) is 1.71. The summed E-state index contributed by atoms with van der Waals surface area (Å²) in [6.07, 6.45) is 0. The normalized spacial score (nSPS) is 10.6. The van der Waals surface area contributed by atoms with E-state index < -0.39 is 5.63 Å². The standard InChI is InChI=1S/C13H14O6/c1-2-17-12-10(15)8-4-3-5-9(18-7-6-14)11(8)19-13(12)16/h3-5,14-15H,2,6-7H2,1H3. The van der Waals surface area contributed by atoms with Crippen molar-refractivity contribution in [2.45, 2.75) is 6.92 Å². The van der Waals surface area contributed by atoms with Gasteiger partial charge < -0.3 is 24.1 Å². The van der Waals surface area contributed by atoms with E-state index in [4.69, 9.17) is 19.0 Å². The van der Waals surface area contributed by atoms with Gasteiger partial charge in [-0.05, 0) is 19.1 Å². The lowest BCUT2D eigenvalue weighted by atomic mass is 10.2. The van der Waals surface area contributed by atoms with Crippen LogP contribution in [0.15, 0.2) is 27.4 Å². The first kappa shape index (κ1) is 13.2. The Morgan fingerprint density at radius 2 is 2.11 bits per heavy atom. The average Bonchev–Trinajstić information content (AvgIpc) is 2.41. The molecule has 6 nitrogen and oxygen atoms in total. The Kier molecular flexibility index (Phi) is 3.91. The van der Waals surface area contributed by atoms with E-state index in [2.05, 4.69) is 0 Å². The van der Waals surface area contributed by atoms with Crippen LogP contribution in [0.25, 0.3) is 11.0 Å². The topological polar surface area (TPSA) is 89.1 Å². The van der Waals surface area contributed by atoms with Crippen LogP contribution in [0.4, 0.5) is 0 Å². The molecule has 0 amide bonds. The molecule has 2 rings (SSSR count). The van der Waals surface area contributed by atoms with Crippen molar-refractivity contribution in [1.82, 2.24) is 0 Å². The van der Waals surface area contributed by atoms with Gasteiger partial charge in [0.05, 0.1) is 18.6 Å². The molecule has 0 radical (unpaired) electrons. The number of aliphatic hydroxyl groups excluding tert-OH is 1. The van der Waals surface area contributed by atoms with Crippen LogP contribution in [0.1, 0.15) is 6.92 Å². The fraction of sp³-hybridized carbons (Fsp3) is 0.308. The van der Waals surface area contributed by atoms with Crippen LogP contribution in [0.3, 0.4) is 0 Å². The van der Waals surface area contributed by atoms with Crippen LogP contribution in [0.5, 0.6) is 17.2 Å². The smallest absolute Gasteiger partial charge is 0.383 e. The Labute approximate surface area is 108 Å². The van der Waals surface area contributed by atoms with Crippen molar-refractivity contribution in [3.8, 4) is 17.2 Å². The Bertz CT molecular complexity index is 631. The summed E-state index contributed by atoms with van der Waals surface area (Å²) < 4.78 is 15.4. The zero-order valence-electron chi connectivity index (χ0n) is 10.4. The van der Waals surface area contributed by atoms with Crippen molar-refractivity contribution in [2.24, 2.45) is 0 Å². The summed E-state index contributed by atoms with van der Waals surface area (Å²) in [5, 5.41) is 19.1. The summed E-state index contributed by atoms with van der Waals surface area (Å²) in [4.78, 5) is 11.7. The first-order valence-electron chi connectivity index (χ1n) is 5.84. The van der Waals surface area contributed by atoms with Crippen LogP contribution in [0.2, 0.25) is 0 Å². The molecule has 19 heavy (non-hydrogen) atoms. The summed E-state index contributed by atoms with van der Waals surface area (Å²) in [6, 6.07) is 4.81. The molecule has 0 unspecified atom stereocenters. The molecule has 0 bridgehead atoms. The van der Waals surface area contributed by atoms with E-state index in [0.29, 0.717) is 5.39 Å². The number of benzene rings is 1. The van der Waals surface area contributed by atoms with Gasteiger partial charge in [-0.3, -0.25) is 0 Å². The summed E-state index contributed by atoms with van der Waals surface area (Å²) in [6.45, 7) is 1.84. The lowest BCUT2D eigenvalue weighted by molar-refractivity contribution is 0.201. The minimum Gasteiger partial charge on any atom is -0.504 e. The summed E-state index contributed by atoms with van der Waals surface area (Å²) >= 11 is 0. The quantitative estimate of drug-likeness (QED) is 0.792. The first-order valence-corrected chi connectivity index (χ1v) is 5.84. The van der Waals surface area contributed by atoms with Gasteiger partial charge in [-0.15, -0.1) is 0 Å². The zero-order chi connectivity index (χ0) is 13.8. The van der Waals surface area contributed by atoms with Crippen LogP contribution in [0, 0.1) is 0 Å². The van der Waals surface area contributed by atoms with Crippen molar-refractivity contribution < 1.29 is 24.1 Å². The molecule has 0 aliphatic heterocycles. The number of ether oxygens (including phenoxy) is 2. The minimum absolute atomic E-state index is 0.0663. The van der Waals surface area contributed by atoms with Gasteiger partial charge >= 0.3 is 5.63 Å². The third-order valence-corrected chi connectivity index (χ3v) is 2.47. The highest BCUT2D eigenvalue weighted by molar-refractivity contribution is 5.89. The van der Waals surface area contributed by atoms with E-state index >= 15 is 0 Å². The van der Waals surface area contributed by atoms with Gasteiger partial charge in [0.1, 0.15) is 6.61 Å². The predicted molar refractivity (Wildman–Crippen MR) is 67.9 cm³/mol. The maximum atomic E-state index is 11.7. The molecule has 2 aromatic rings. The largest absolute Gasteiger partial charge is 0.504 e. The molecule has 1 heterocycles. The maximum Gasteiger partial charge on any atom is 0.383 e. The molecule has 0 saturated heterocycles. The van der Waals surface area contributed by atoms with Gasteiger partial charge in [0.15, 0.2) is 17.1 Å². The summed E-state index contributed by atoms with van der Waals surface area (Å²) in [5.41, 5.74) is -0.645. The Morgan fingerprint density at radius 1 is 1.32 bits per heavy atom. The second kappa shape index (κ2) is 5.62. The van der Waals surface area contributed by atoms with Crippen LogP contribution in [-0.2, 0) is 0 Å². The molecule has 0 spiro atoms. The monoisotopic (exact) mass is 266 g/mol. The summed E-state index contributed by atoms with van der Waals surface area (Å²) in [5.74, 6) is -0.209. The van der Waals surface area contributed by atoms with Gasteiger partial charge in [-0.2, -0.15) is 0 Å². The summed E-state index contributed by atoms with van der Waals surface area (Å²) in [7, 11) is 0. The highest BCUT2D eigenvalue weighted by atomic mass is 16.5. The van der Waals surface area contributed by atoms with E-state index in [1.54, 1.807) is 25.1 Å². The molecule has 0 atom stereocenters. The number of hydrogen-bond donors (Lipinski definition) is 2. The van der Waals surface area contributed by atoms with Crippen LogP contribution >= 0.6 is 0 Å². The molecule has 0 aliphatic carbocycles. The van der Waals surface area contributed by atoms with Crippen LogP contribution in [-0.4, -0.2) is 30.0 Å². The van der Waals surface area contributed by atoms with Gasteiger partial charge in [-0.1, -0.05) is 6.07 Å². The molecule has 1 aromatic heterocycles. The number of rotatable bonds is 5. The third kappa shape index (κ3) is 2.48. The van der Waals surface area contributed by atoms with Gasteiger partial charge in [0, 0.05) is 0 Å². The second-order valence-electron chi connectivity index (χ2n) is 3.71. The van der Waals surface area contributed by atoms with Gasteiger partial charge in [0.25, 0.3) is 0 Å². The van der Waals surface area contributed by atoms with E-state index in [-0.39, 0.29) is 42.7 Å². The van der Waals surface area contributed by atoms with Gasteiger partial charge in [0.2, 0.25) is 5.75 Å².